The van der Waals surface area contributed by atoms with Gasteiger partial charge in [0.25, 0.3) is 0 Å². The first-order valence-electron chi connectivity index (χ1n) is 3.74. The van der Waals surface area contributed by atoms with Crippen molar-refractivity contribution in [1.29, 1.82) is 5.26 Å². The third kappa shape index (κ3) is 2.10. The monoisotopic (exact) mass is 254 g/mol. The Hall–Kier alpha value is -1.38. The van der Waals surface area contributed by atoms with E-state index in [-0.39, 0.29) is 0 Å². The van der Waals surface area contributed by atoms with Gasteiger partial charge in [-0.25, -0.2) is 0 Å². The maximum atomic E-state index is 10.6. The van der Waals surface area contributed by atoms with Crippen LogP contribution in [0.15, 0.2) is 22.7 Å². The van der Waals surface area contributed by atoms with Crippen molar-refractivity contribution in [3.8, 4) is 6.07 Å². The normalized spacial score (nSPS) is 11.8. The fourth-order valence-electron chi connectivity index (χ4n) is 0.965. The summed E-state index contributed by atoms with van der Waals surface area (Å²) < 4.78 is 0.626. The van der Waals surface area contributed by atoms with Crippen LogP contribution in [0.2, 0.25) is 0 Å². The Balaban J connectivity index is 3.14. The van der Waals surface area contributed by atoms with Crippen LogP contribution in [0.3, 0.4) is 0 Å². The van der Waals surface area contributed by atoms with Crippen molar-refractivity contribution in [2.45, 2.75) is 6.04 Å². The van der Waals surface area contributed by atoms with Gasteiger partial charge in [0.1, 0.15) is 12.1 Å². The lowest BCUT2D eigenvalue weighted by molar-refractivity contribution is -0.138. The van der Waals surface area contributed by atoms with E-state index in [0.717, 1.165) is 0 Å². The summed E-state index contributed by atoms with van der Waals surface area (Å²) in [5.74, 6) is -1.11. The van der Waals surface area contributed by atoms with Crippen molar-refractivity contribution in [1.82, 2.24) is 0 Å². The maximum Gasteiger partial charge on any atom is 0.325 e. The summed E-state index contributed by atoms with van der Waals surface area (Å²) in [4.78, 5) is 10.6. The minimum Gasteiger partial charge on any atom is -0.480 e. The van der Waals surface area contributed by atoms with E-state index < -0.39 is 12.0 Å². The average molecular weight is 255 g/mol. The Bertz CT molecular complexity index is 412. The van der Waals surface area contributed by atoms with E-state index in [0.29, 0.717) is 15.6 Å². The lowest BCUT2D eigenvalue weighted by atomic mass is 10.1. The molecule has 0 aliphatic rings. The molecule has 0 aliphatic heterocycles. The number of nitrogens with zero attached hydrogens (tertiary/aromatic N) is 1. The van der Waals surface area contributed by atoms with Gasteiger partial charge in [-0.05, 0) is 33.6 Å². The molecule has 1 rings (SSSR count). The Morgan fingerprint density at radius 2 is 2.29 bits per heavy atom. The fraction of sp³-hybridized carbons (Fsp3) is 0.111. The fourth-order valence-corrected chi connectivity index (χ4v) is 1.30. The molecule has 0 bridgehead atoms. The molecule has 1 aromatic rings. The quantitative estimate of drug-likeness (QED) is 0.836. The number of halogens is 1. The molecule has 3 N–H and O–H groups in total. The number of hydrogen-bond donors (Lipinski definition) is 2. The van der Waals surface area contributed by atoms with Crippen LogP contribution in [0.5, 0.6) is 0 Å². The molecule has 0 heterocycles. The largest absolute Gasteiger partial charge is 0.480 e. The number of carboxylic acids is 1. The number of nitrogens with two attached hydrogens (primary N) is 1. The molecular formula is C9H7BrN2O2. The van der Waals surface area contributed by atoms with E-state index in [1.165, 1.54) is 6.07 Å². The van der Waals surface area contributed by atoms with Crippen LogP contribution in [-0.2, 0) is 4.79 Å². The van der Waals surface area contributed by atoms with Crippen molar-refractivity contribution in [2.24, 2.45) is 5.73 Å². The van der Waals surface area contributed by atoms with E-state index in [9.17, 15) is 4.79 Å². The number of carbonyl (C=O) groups is 1. The van der Waals surface area contributed by atoms with Crippen LogP contribution in [0.25, 0.3) is 0 Å². The van der Waals surface area contributed by atoms with E-state index in [1.807, 2.05) is 6.07 Å². The molecule has 0 aromatic heterocycles. The van der Waals surface area contributed by atoms with Crippen LogP contribution in [0.1, 0.15) is 17.2 Å². The third-order valence-electron chi connectivity index (χ3n) is 1.74. The number of hydrogen-bond acceptors (Lipinski definition) is 3. The molecule has 1 aromatic carbocycles. The molecule has 0 saturated carbocycles. The van der Waals surface area contributed by atoms with Gasteiger partial charge in [-0.3, -0.25) is 4.79 Å². The van der Waals surface area contributed by atoms with Gasteiger partial charge in [0.15, 0.2) is 0 Å². The molecule has 4 nitrogen and oxygen atoms in total. The average Bonchev–Trinajstić information content (AvgIpc) is 2.17. The molecule has 5 heteroatoms. The summed E-state index contributed by atoms with van der Waals surface area (Å²) in [6, 6.07) is 5.49. The highest BCUT2D eigenvalue weighted by atomic mass is 79.9. The number of rotatable bonds is 2. The summed E-state index contributed by atoms with van der Waals surface area (Å²) in [6.07, 6.45) is 0. The maximum absolute atomic E-state index is 10.6. The summed E-state index contributed by atoms with van der Waals surface area (Å²) >= 11 is 3.17. The molecule has 0 amide bonds. The highest BCUT2D eigenvalue weighted by molar-refractivity contribution is 9.10. The SMILES string of the molecule is N#Cc1cc(C(N)C(=O)O)ccc1Br. The van der Waals surface area contributed by atoms with E-state index in [2.05, 4.69) is 15.9 Å². The minimum absolute atomic E-state index is 0.374. The molecule has 0 aliphatic carbocycles. The minimum atomic E-state index is -1.11. The van der Waals surface area contributed by atoms with Crippen LogP contribution in [0.4, 0.5) is 0 Å². The van der Waals surface area contributed by atoms with Gasteiger partial charge in [-0.1, -0.05) is 6.07 Å². The summed E-state index contributed by atoms with van der Waals surface area (Å²) in [5.41, 5.74) is 6.18. The zero-order chi connectivity index (χ0) is 10.7. The van der Waals surface area contributed by atoms with Gasteiger partial charge in [0.2, 0.25) is 0 Å². The number of aliphatic carboxylic acids is 1. The number of carboxylic acid groups (broad SMARTS) is 1. The van der Waals surface area contributed by atoms with E-state index >= 15 is 0 Å². The standard InChI is InChI=1S/C9H7BrN2O2/c10-7-2-1-5(3-6(7)4-11)8(12)9(13)14/h1-3,8H,12H2,(H,13,14). The zero-order valence-electron chi connectivity index (χ0n) is 7.07. The Morgan fingerprint density at radius 1 is 1.64 bits per heavy atom. The second kappa shape index (κ2) is 4.22. The van der Waals surface area contributed by atoms with Crippen molar-refractivity contribution in [3.63, 3.8) is 0 Å². The molecule has 14 heavy (non-hydrogen) atoms. The molecule has 0 fully saturated rings. The predicted molar refractivity (Wildman–Crippen MR) is 53.4 cm³/mol. The van der Waals surface area contributed by atoms with Crippen LogP contribution in [-0.4, -0.2) is 11.1 Å². The second-order valence-electron chi connectivity index (χ2n) is 2.67. The van der Waals surface area contributed by atoms with E-state index in [1.54, 1.807) is 12.1 Å². The van der Waals surface area contributed by atoms with Gasteiger partial charge >= 0.3 is 5.97 Å². The van der Waals surface area contributed by atoms with E-state index in [4.69, 9.17) is 16.1 Å². The molecule has 1 unspecified atom stereocenters. The summed E-state index contributed by atoms with van der Waals surface area (Å²) in [5, 5.41) is 17.3. The highest BCUT2D eigenvalue weighted by Crippen LogP contribution is 2.20. The molecule has 1 atom stereocenters. The number of nitriles is 1. The van der Waals surface area contributed by atoms with Gasteiger partial charge in [-0.2, -0.15) is 5.26 Å². The van der Waals surface area contributed by atoms with Gasteiger partial charge in [0, 0.05) is 4.47 Å². The van der Waals surface area contributed by atoms with Crippen LogP contribution < -0.4 is 5.73 Å². The van der Waals surface area contributed by atoms with Crippen molar-refractivity contribution >= 4 is 21.9 Å². The molecular weight excluding hydrogens is 248 g/mol. The zero-order valence-corrected chi connectivity index (χ0v) is 8.65. The first-order chi connectivity index (χ1) is 6.56. The lowest BCUT2D eigenvalue weighted by Gasteiger charge is -2.07. The number of benzene rings is 1. The van der Waals surface area contributed by atoms with Gasteiger partial charge in [-0.15, -0.1) is 0 Å². The van der Waals surface area contributed by atoms with Gasteiger partial charge in [0.05, 0.1) is 5.56 Å². The smallest absolute Gasteiger partial charge is 0.325 e. The molecule has 72 valence electrons. The second-order valence-corrected chi connectivity index (χ2v) is 3.52. The van der Waals surface area contributed by atoms with Crippen molar-refractivity contribution < 1.29 is 9.90 Å². The Morgan fingerprint density at radius 3 is 2.79 bits per heavy atom. The highest BCUT2D eigenvalue weighted by Gasteiger charge is 2.15. The third-order valence-corrected chi connectivity index (χ3v) is 2.43. The van der Waals surface area contributed by atoms with Gasteiger partial charge < -0.3 is 10.8 Å². The van der Waals surface area contributed by atoms with Crippen molar-refractivity contribution in [2.75, 3.05) is 0 Å². The Kier molecular flexibility index (Phi) is 3.23. The Labute approximate surface area is 89.1 Å². The first-order valence-corrected chi connectivity index (χ1v) is 4.53. The lowest BCUT2D eigenvalue weighted by Crippen LogP contribution is -2.20. The predicted octanol–water partition coefficient (Wildman–Crippen LogP) is 1.41. The summed E-state index contributed by atoms with van der Waals surface area (Å²) in [6.45, 7) is 0. The first kappa shape index (κ1) is 10.7. The van der Waals surface area contributed by atoms with Crippen LogP contribution in [0, 0.1) is 11.3 Å². The topological polar surface area (TPSA) is 87.1 Å². The molecule has 0 radical (unpaired) electrons. The molecule has 0 saturated heterocycles. The molecule has 0 spiro atoms. The summed E-state index contributed by atoms with van der Waals surface area (Å²) in [7, 11) is 0. The van der Waals surface area contributed by atoms with Crippen LogP contribution >= 0.6 is 15.9 Å². The van der Waals surface area contributed by atoms with Crippen molar-refractivity contribution in [3.05, 3.63) is 33.8 Å².